The normalized spacial score (nSPS) is 23.5. The monoisotopic (exact) mass is 269 g/mol. The number of esters is 1. The molecule has 1 rings (SSSR count). The van der Waals surface area contributed by atoms with Crippen LogP contribution in [0.15, 0.2) is 0 Å². The Bertz CT molecular complexity index is 305. The molecular weight excluding hydrogens is 242 g/mol. The summed E-state index contributed by atoms with van der Waals surface area (Å²) in [5.41, 5.74) is 0. The second-order valence-corrected chi connectivity index (χ2v) is 6.10. The standard InChI is InChI=1S/C15H27NO3/c1-10(2)14(17)16-9-12-5-7-13(8-6-12)15(18)19-11(3)4/h10-13H,5-9H2,1-4H3,(H,16,17). The minimum atomic E-state index is -0.0559. The smallest absolute Gasteiger partial charge is 0.309 e. The Labute approximate surface area is 116 Å². The molecule has 110 valence electrons. The first-order valence-electron chi connectivity index (χ1n) is 7.38. The number of nitrogens with one attached hydrogen (secondary N) is 1. The Kier molecular flexibility index (Phi) is 6.32. The Morgan fingerprint density at radius 1 is 1.11 bits per heavy atom. The summed E-state index contributed by atoms with van der Waals surface area (Å²) in [4.78, 5) is 23.3. The molecular formula is C15H27NO3. The van der Waals surface area contributed by atoms with Gasteiger partial charge in [-0.3, -0.25) is 9.59 Å². The fourth-order valence-corrected chi connectivity index (χ4v) is 2.38. The highest BCUT2D eigenvalue weighted by molar-refractivity contribution is 5.77. The van der Waals surface area contributed by atoms with Crippen molar-refractivity contribution < 1.29 is 14.3 Å². The number of ether oxygens (including phenoxy) is 1. The third-order valence-electron chi connectivity index (χ3n) is 3.62. The maximum atomic E-state index is 11.8. The van der Waals surface area contributed by atoms with Gasteiger partial charge in [0.1, 0.15) is 0 Å². The Morgan fingerprint density at radius 2 is 1.68 bits per heavy atom. The van der Waals surface area contributed by atoms with E-state index in [1.807, 2.05) is 27.7 Å². The van der Waals surface area contributed by atoms with Crippen molar-refractivity contribution in [1.29, 1.82) is 0 Å². The van der Waals surface area contributed by atoms with E-state index in [0.717, 1.165) is 32.2 Å². The summed E-state index contributed by atoms with van der Waals surface area (Å²) >= 11 is 0. The predicted molar refractivity (Wildman–Crippen MR) is 74.5 cm³/mol. The molecule has 1 aliphatic rings. The highest BCUT2D eigenvalue weighted by Crippen LogP contribution is 2.29. The highest BCUT2D eigenvalue weighted by Gasteiger charge is 2.28. The summed E-state index contributed by atoms with van der Waals surface area (Å²) in [6.07, 6.45) is 3.73. The lowest BCUT2D eigenvalue weighted by molar-refractivity contribution is -0.153. The number of hydrogen-bond acceptors (Lipinski definition) is 3. The van der Waals surface area contributed by atoms with Crippen molar-refractivity contribution in [3.05, 3.63) is 0 Å². The molecule has 1 amide bonds. The molecule has 0 unspecified atom stereocenters. The molecule has 0 atom stereocenters. The van der Waals surface area contributed by atoms with Crippen molar-refractivity contribution in [2.75, 3.05) is 6.54 Å². The average molecular weight is 269 g/mol. The summed E-state index contributed by atoms with van der Waals surface area (Å²) < 4.78 is 5.25. The summed E-state index contributed by atoms with van der Waals surface area (Å²) in [6.45, 7) is 8.29. The van der Waals surface area contributed by atoms with Gasteiger partial charge in [-0.25, -0.2) is 0 Å². The van der Waals surface area contributed by atoms with Crippen LogP contribution in [0.2, 0.25) is 0 Å². The van der Waals surface area contributed by atoms with Crippen molar-refractivity contribution in [3.63, 3.8) is 0 Å². The molecule has 0 heterocycles. The van der Waals surface area contributed by atoms with E-state index in [0.29, 0.717) is 5.92 Å². The number of hydrogen-bond donors (Lipinski definition) is 1. The fourth-order valence-electron chi connectivity index (χ4n) is 2.38. The number of amides is 1. The van der Waals surface area contributed by atoms with Gasteiger partial charge in [-0.1, -0.05) is 13.8 Å². The van der Waals surface area contributed by atoms with E-state index in [-0.39, 0.29) is 29.8 Å². The van der Waals surface area contributed by atoms with Crippen LogP contribution in [0.1, 0.15) is 53.4 Å². The summed E-state index contributed by atoms with van der Waals surface area (Å²) in [5, 5.41) is 2.97. The first kappa shape index (κ1) is 16.0. The molecule has 0 aromatic heterocycles. The zero-order chi connectivity index (χ0) is 14.4. The van der Waals surface area contributed by atoms with Crippen molar-refractivity contribution in [1.82, 2.24) is 5.32 Å². The van der Waals surface area contributed by atoms with Crippen molar-refractivity contribution in [3.8, 4) is 0 Å². The van der Waals surface area contributed by atoms with Gasteiger partial charge in [0.15, 0.2) is 0 Å². The molecule has 1 aliphatic carbocycles. The molecule has 19 heavy (non-hydrogen) atoms. The Hall–Kier alpha value is -1.06. The third kappa shape index (κ3) is 5.62. The van der Waals surface area contributed by atoms with E-state index >= 15 is 0 Å². The first-order valence-corrected chi connectivity index (χ1v) is 7.38. The van der Waals surface area contributed by atoms with Crippen LogP contribution < -0.4 is 5.32 Å². The lowest BCUT2D eigenvalue weighted by atomic mass is 9.82. The SMILES string of the molecule is CC(C)OC(=O)C1CCC(CNC(=O)C(C)C)CC1. The van der Waals surface area contributed by atoms with Crippen LogP contribution in [0.4, 0.5) is 0 Å². The van der Waals surface area contributed by atoms with Crippen LogP contribution in [0.25, 0.3) is 0 Å². The van der Waals surface area contributed by atoms with Gasteiger partial charge in [0, 0.05) is 12.5 Å². The molecule has 0 aromatic rings. The first-order chi connectivity index (χ1) is 8.90. The van der Waals surface area contributed by atoms with Gasteiger partial charge in [0.25, 0.3) is 0 Å². The van der Waals surface area contributed by atoms with E-state index in [1.54, 1.807) is 0 Å². The molecule has 0 radical (unpaired) electrons. The summed E-state index contributed by atoms with van der Waals surface area (Å²) in [6, 6.07) is 0. The molecule has 1 N–H and O–H groups in total. The van der Waals surface area contributed by atoms with E-state index in [4.69, 9.17) is 4.74 Å². The van der Waals surface area contributed by atoms with Gasteiger partial charge in [-0.2, -0.15) is 0 Å². The third-order valence-corrected chi connectivity index (χ3v) is 3.62. The topological polar surface area (TPSA) is 55.4 Å². The molecule has 0 saturated heterocycles. The van der Waals surface area contributed by atoms with Crippen LogP contribution in [-0.4, -0.2) is 24.5 Å². The summed E-state index contributed by atoms with van der Waals surface area (Å²) in [7, 11) is 0. The van der Waals surface area contributed by atoms with Gasteiger partial charge < -0.3 is 10.1 Å². The van der Waals surface area contributed by atoms with Gasteiger partial charge >= 0.3 is 5.97 Å². The second-order valence-electron chi connectivity index (χ2n) is 6.10. The maximum Gasteiger partial charge on any atom is 0.309 e. The number of carbonyl (C=O) groups is 2. The number of rotatable bonds is 5. The lowest BCUT2D eigenvalue weighted by Gasteiger charge is -2.28. The van der Waals surface area contributed by atoms with Gasteiger partial charge in [-0.15, -0.1) is 0 Å². The van der Waals surface area contributed by atoms with Gasteiger partial charge in [0.2, 0.25) is 5.91 Å². The van der Waals surface area contributed by atoms with Crippen LogP contribution in [-0.2, 0) is 14.3 Å². The fraction of sp³-hybridized carbons (Fsp3) is 0.867. The molecule has 1 fully saturated rings. The van der Waals surface area contributed by atoms with E-state index in [2.05, 4.69) is 5.32 Å². The minimum absolute atomic E-state index is 0.0319. The van der Waals surface area contributed by atoms with Gasteiger partial charge in [-0.05, 0) is 45.4 Å². The van der Waals surface area contributed by atoms with Crippen molar-refractivity contribution >= 4 is 11.9 Å². The zero-order valence-electron chi connectivity index (χ0n) is 12.6. The van der Waals surface area contributed by atoms with Crippen LogP contribution in [0, 0.1) is 17.8 Å². The van der Waals surface area contributed by atoms with Crippen LogP contribution >= 0.6 is 0 Å². The number of carbonyl (C=O) groups excluding carboxylic acids is 2. The summed E-state index contributed by atoms with van der Waals surface area (Å²) in [5.74, 6) is 0.656. The Morgan fingerprint density at radius 3 is 2.16 bits per heavy atom. The largest absolute Gasteiger partial charge is 0.463 e. The van der Waals surface area contributed by atoms with E-state index in [9.17, 15) is 9.59 Å². The molecule has 1 saturated carbocycles. The minimum Gasteiger partial charge on any atom is -0.463 e. The zero-order valence-corrected chi connectivity index (χ0v) is 12.6. The van der Waals surface area contributed by atoms with Crippen molar-refractivity contribution in [2.24, 2.45) is 17.8 Å². The molecule has 0 bridgehead atoms. The molecule has 0 aromatic carbocycles. The predicted octanol–water partition coefficient (Wildman–Crippen LogP) is 2.52. The lowest BCUT2D eigenvalue weighted by Crippen LogP contribution is -2.35. The van der Waals surface area contributed by atoms with E-state index < -0.39 is 0 Å². The average Bonchev–Trinajstić information content (AvgIpc) is 2.35. The van der Waals surface area contributed by atoms with Crippen LogP contribution in [0.3, 0.4) is 0 Å². The maximum absolute atomic E-state index is 11.8. The van der Waals surface area contributed by atoms with E-state index in [1.165, 1.54) is 0 Å². The van der Waals surface area contributed by atoms with Crippen molar-refractivity contribution in [2.45, 2.75) is 59.5 Å². The van der Waals surface area contributed by atoms with Crippen LogP contribution in [0.5, 0.6) is 0 Å². The Balaban J connectivity index is 2.25. The second kappa shape index (κ2) is 7.51. The molecule has 4 heteroatoms. The highest BCUT2D eigenvalue weighted by atomic mass is 16.5. The molecule has 0 spiro atoms. The van der Waals surface area contributed by atoms with Gasteiger partial charge in [0.05, 0.1) is 12.0 Å². The molecule has 4 nitrogen and oxygen atoms in total. The molecule has 0 aliphatic heterocycles. The quantitative estimate of drug-likeness (QED) is 0.780.